The molecule has 0 fully saturated rings. The quantitative estimate of drug-likeness (QED) is 0.792. The minimum Gasteiger partial charge on any atom is -0.309 e. The number of aromatic nitrogens is 3. The molecule has 0 atom stereocenters. The lowest BCUT2D eigenvalue weighted by molar-refractivity contribution is -0.117. The first-order chi connectivity index (χ1) is 12.0. The summed E-state index contributed by atoms with van der Waals surface area (Å²) in [7, 11) is 0. The smallest absolute Gasteiger partial charge is 0.267 e. The minimum absolute atomic E-state index is 0.247. The van der Waals surface area contributed by atoms with Gasteiger partial charge in [-0.15, -0.1) is 0 Å². The third kappa shape index (κ3) is 4.14. The van der Waals surface area contributed by atoms with E-state index in [0.29, 0.717) is 17.1 Å². The van der Waals surface area contributed by atoms with Gasteiger partial charge in [0.2, 0.25) is 5.91 Å². The molecular weight excluding hydrogens is 323 g/mol. The Morgan fingerprint density at radius 1 is 1.16 bits per heavy atom. The lowest BCUT2D eigenvalue weighted by Crippen LogP contribution is -2.29. The molecule has 0 aliphatic carbocycles. The number of carbonyl (C=O) groups is 1. The molecule has 3 aromatic rings. The zero-order chi connectivity index (χ0) is 17.8. The molecule has 0 aliphatic rings. The number of hydrogen-bond donors (Lipinski definition) is 1. The van der Waals surface area contributed by atoms with E-state index in [-0.39, 0.29) is 12.4 Å². The molecule has 0 unspecified atom stereocenters. The van der Waals surface area contributed by atoms with E-state index in [9.17, 15) is 14.0 Å². The molecule has 0 aliphatic heterocycles. The predicted molar refractivity (Wildman–Crippen MR) is 91.5 cm³/mol. The number of benzene rings is 1. The number of carbonyl (C=O) groups excluding carboxylic acids is 1. The maximum absolute atomic E-state index is 13.0. The summed E-state index contributed by atoms with van der Waals surface area (Å²) in [6, 6.07) is 12.1. The van der Waals surface area contributed by atoms with Gasteiger partial charge in [-0.2, -0.15) is 5.10 Å². The molecule has 0 saturated carbocycles. The van der Waals surface area contributed by atoms with Crippen LogP contribution in [0.2, 0.25) is 0 Å². The summed E-state index contributed by atoms with van der Waals surface area (Å²) < 4.78 is 14.1. The molecule has 0 saturated heterocycles. The van der Waals surface area contributed by atoms with E-state index in [1.54, 1.807) is 24.4 Å². The Labute approximate surface area is 143 Å². The first kappa shape index (κ1) is 16.5. The van der Waals surface area contributed by atoms with Crippen LogP contribution in [0, 0.1) is 12.7 Å². The summed E-state index contributed by atoms with van der Waals surface area (Å²) in [5, 5.41) is 6.80. The topological polar surface area (TPSA) is 76.9 Å². The van der Waals surface area contributed by atoms with E-state index in [1.807, 2.05) is 13.0 Å². The molecule has 7 heteroatoms. The van der Waals surface area contributed by atoms with Crippen LogP contribution in [0.1, 0.15) is 5.56 Å². The third-order valence-electron chi connectivity index (χ3n) is 3.48. The number of rotatable bonds is 4. The lowest BCUT2D eigenvalue weighted by Gasteiger charge is -2.08. The van der Waals surface area contributed by atoms with Crippen LogP contribution in [0.5, 0.6) is 0 Å². The van der Waals surface area contributed by atoms with Crippen molar-refractivity contribution in [3.63, 3.8) is 0 Å². The monoisotopic (exact) mass is 338 g/mol. The van der Waals surface area contributed by atoms with Crippen LogP contribution in [0.25, 0.3) is 11.3 Å². The van der Waals surface area contributed by atoms with Crippen LogP contribution in [-0.2, 0) is 11.3 Å². The largest absolute Gasteiger partial charge is 0.309 e. The zero-order valence-corrected chi connectivity index (χ0v) is 13.4. The number of pyridine rings is 1. The number of amides is 1. The van der Waals surface area contributed by atoms with Crippen molar-refractivity contribution in [2.24, 2.45) is 0 Å². The fraction of sp³-hybridized carbons (Fsp3) is 0.111. The van der Waals surface area contributed by atoms with Crippen molar-refractivity contribution in [2.75, 3.05) is 5.32 Å². The van der Waals surface area contributed by atoms with E-state index >= 15 is 0 Å². The highest BCUT2D eigenvalue weighted by Gasteiger charge is 2.09. The summed E-state index contributed by atoms with van der Waals surface area (Å²) >= 11 is 0. The van der Waals surface area contributed by atoms with Crippen molar-refractivity contribution < 1.29 is 9.18 Å². The Morgan fingerprint density at radius 2 is 1.92 bits per heavy atom. The van der Waals surface area contributed by atoms with Gasteiger partial charge in [0, 0.05) is 17.8 Å². The zero-order valence-electron chi connectivity index (χ0n) is 13.4. The van der Waals surface area contributed by atoms with Crippen molar-refractivity contribution in [3.8, 4) is 11.3 Å². The van der Waals surface area contributed by atoms with Crippen LogP contribution in [0.4, 0.5) is 10.2 Å². The van der Waals surface area contributed by atoms with Gasteiger partial charge >= 0.3 is 0 Å². The maximum Gasteiger partial charge on any atom is 0.267 e. The second kappa shape index (κ2) is 7.04. The normalized spacial score (nSPS) is 10.5. The van der Waals surface area contributed by atoms with Crippen LogP contribution in [-0.4, -0.2) is 20.7 Å². The van der Waals surface area contributed by atoms with Gasteiger partial charge in [-0.25, -0.2) is 14.1 Å². The summed E-state index contributed by atoms with van der Waals surface area (Å²) in [6.45, 7) is 1.64. The molecule has 2 aromatic heterocycles. The van der Waals surface area contributed by atoms with E-state index in [0.717, 1.165) is 10.2 Å². The van der Waals surface area contributed by atoms with Crippen molar-refractivity contribution in [2.45, 2.75) is 13.5 Å². The van der Waals surface area contributed by atoms with Crippen LogP contribution in [0.15, 0.2) is 59.5 Å². The Kier molecular flexibility index (Phi) is 4.65. The Balaban J connectivity index is 1.80. The summed E-state index contributed by atoms with van der Waals surface area (Å²) in [5.74, 6) is -0.362. The van der Waals surface area contributed by atoms with Gasteiger partial charge in [-0.3, -0.25) is 9.59 Å². The summed E-state index contributed by atoms with van der Waals surface area (Å²) in [6.07, 6.45) is 1.59. The molecule has 0 spiro atoms. The average Bonchev–Trinajstić information content (AvgIpc) is 2.57. The molecule has 25 heavy (non-hydrogen) atoms. The van der Waals surface area contributed by atoms with Crippen molar-refractivity contribution in [1.29, 1.82) is 0 Å². The molecule has 3 rings (SSSR count). The second-order valence-corrected chi connectivity index (χ2v) is 5.49. The maximum atomic E-state index is 13.0. The second-order valence-electron chi connectivity index (χ2n) is 5.49. The summed E-state index contributed by atoms with van der Waals surface area (Å²) in [5.41, 5.74) is 1.68. The number of nitrogens with one attached hydrogen (secondary N) is 1. The average molecular weight is 338 g/mol. The molecule has 0 bridgehead atoms. The highest BCUT2D eigenvalue weighted by molar-refractivity contribution is 5.89. The molecular formula is C18H15FN4O2. The van der Waals surface area contributed by atoms with Gasteiger partial charge in [-0.05, 0) is 55.0 Å². The Hall–Kier alpha value is -3.35. The number of hydrogen-bond acceptors (Lipinski definition) is 4. The predicted octanol–water partition coefficient (Wildman–Crippen LogP) is 2.39. The molecule has 126 valence electrons. The van der Waals surface area contributed by atoms with E-state index in [4.69, 9.17) is 0 Å². The van der Waals surface area contributed by atoms with Crippen LogP contribution < -0.4 is 10.9 Å². The van der Waals surface area contributed by atoms with E-state index in [1.165, 1.54) is 24.3 Å². The number of anilines is 1. The van der Waals surface area contributed by atoms with Crippen LogP contribution in [0.3, 0.4) is 0 Å². The van der Waals surface area contributed by atoms with Gasteiger partial charge in [-0.1, -0.05) is 0 Å². The van der Waals surface area contributed by atoms with Gasteiger partial charge in [0.25, 0.3) is 5.56 Å². The molecule has 2 heterocycles. The van der Waals surface area contributed by atoms with Crippen LogP contribution >= 0.6 is 0 Å². The van der Waals surface area contributed by atoms with E-state index < -0.39 is 11.5 Å². The first-order valence-electron chi connectivity index (χ1n) is 7.58. The van der Waals surface area contributed by atoms with E-state index in [2.05, 4.69) is 15.4 Å². The number of halogens is 1. The van der Waals surface area contributed by atoms with Gasteiger partial charge in [0.05, 0.1) is 5.69 Å². The summed E-state index contributed by atoms with van der Waals surface area (Å²) in [4.78, 5) is 28.1. The third-order valence-corrected chi connectivity index (χ3v) is 3.48. The molecule has 1 N–H and O–H groups in total. The van der Waals surface area contributed by atoms with Gasteiger partial charge < -0.3 is 5.32 Å². The molecule has 0 radical (unpaired) electrons. The highest BCUT2D eigenvalue weighted by atomic mass is 19.1. The first-order valence-corrected chi connectivity index (χ1v) is 7.58. The fourth-order valence-electron chi connectivity index (χ4n) is 2.26. The molecule has 6 nitrogen and oxygen atoms in total. The van der Waals surface area contributed by atoms with Crippen molar-refractivity contribution in [1.82, 2.24) is 14.8 Å². The SMILES string of the molecule is Cc1ccnc(NC(=O)Cn2nc(-c3ccc(F)cc3)ccc2=O)c1. The highest BCUT2D eigenvalue weighted by Crippen LogP contribution is 2.15. The molecule has 1 amide bonds. The molecule has 1 aromatic carbocycles. The van der Waals surface area contributed by atoms with Crippen molar-refractivity contribution >= 4 is 11.7 Å². The van der Waals surface area contributed by atoms with Gasteiger partial charge in [0.1, 0.15) is 18.2 Å². The Morgan fingerprint density at radius 3 is 2.64 bits per heavy atom. The lowest BCUT2D eigenvalue weighted by atomic mass is 10.1. The number of nitrogens with zero attached hydrogens (tertiary/aromatic N) is 3. The Bertz CT molecular complexity index is 967. The van der Waals surface area contributed by atoms with Crippen molar-refractivity contribution in [3.05, 3.63) is 76.5 Å². The minimum atomic E-state index is -0.413. The standard InChI is InChI=1S/C18H15FN4O2/c1-12-8-9-20-16(10-12)21-17(24)11-23-18(25)7-6-15(22-23)13-2-4-14(19)5-3-13/h2-10H,11H2,1H3,(H,20,21,24). The number of aryl methyl sites for hydroxylation is 1. The van der Waals surface area contributed by atoms with Gasteiger partial charge in [0.15, 0.2) is 0 Å². The fourth-order valence-corrected chi connectivity index (χ4v) is 2.26.